The molecule has 0 saturated carbocycles. The molecular formula is C16H15Na2O7P. The van der Waals surface area contributed by atoms with E-state index in [1.807, 2.05) is 0 Å². The monoisotopic (exact) mass is 396 g/mol. The number of phenolic OH excluding ortho intramolecular Hbond substituents is 1. The second-order valence-electron chi connectivity index (χ2n) is 4.74. The van der Waals surface area contributed by atoms with Crippen molar-refractivity contribution >= 4 is 20.0 Å². The number of methoxy groups -OCH3 is 2. The summed E-state index contributed by atoms with van der Waals surface area (Å²) in [5, 5.41) is 9.72. The van der Waals surface area contributed by atoms with Crippen LogP contribution in [0.4, 0.5) is 0 Å². The second kappa shape index (κ2) is 11.4. The molecule has 0 bridgehead atoms. The van der Waals surface area contributed by atoms with Gasteiger partial charge in [0.2, 0.25) is 0 Å². The first-order valence-electron chi connectivity index (χ1n) is 6.76. The average molecular weight is 396 g/mol. The molecule has 0 fully saturated rings. The van der Waals surface area contributed by atoms with Gasteiger partial charge in [0.15, 0.2) is 11.5 Å². The van der Waals surface area contributed by atoms with E-state index in [2.05, 4.69) is 4.52 Å². The van der Waals surface area contributed by atoms with Crippen LogP contribution in [0.2, 0.25) is 0 Å². The van der Waals surface area contributed by atoms with Gasteiger partial charge in [-0.3, -0.25) is 0 Å². The van der Waals surface area contributed by atoms with Crippen LogP contribution in [0, 0.1) is 0 Å². The summed E-state index contributed by atoms with van der Waals surface area (Å²) in [6, 6.07) is 9.30. The molecule has 0 amide bonds. The van der Waals surface area contributed by atoms with Crippen LogP contribution in [0.25, 0.3) is 12.2 Å². The van der Waals surface area contributed by atoms with E-state index in [1.165, 1.54) is 18.2 Å². The van der Waals surface area contributed by atoms with Gasteiger partial charge >= 0.3 is 59.1 Å². The Balaban J connectivity index is 0.00000312. The summed E-state index contributed by atoms with van der Waals surface area (Å²) < 4.78 is 25.1. The number of hydrogen-bond donors (Lipinski definition) is 1. The Morgan fingerprint density at radius 3 is 1.92 bits per heavy atom. The molecule has 128 valence electrons. The molecule has 0 unspecified atom stereocenters. The molecule has 2 aromatic carbocycles. The number of rotatable bonds is 6. The van der Waals surface area contributed by atoms with E-state index in [-0.39, 0.29) is 59.1 Å². The fourth-order valence-electron chi connectivity index (χ4n) is 1.95. The van der Waals surface area contributed by atoms with Gasteiger partial charge in [-0.1, -0.05) is 18.2 Å². The van der Waals surface area contributed by atoms with Gasteiger partial charge in [0.25, 0.3) is 0 Å². The van der Waals surface area contributed by atoms with Crippen molar-refractivity contribution in [1.82, 2.24) is 0 Å². The molecule has 0 aliphatic carbocycles. The van der Waals surface area contributed by atoms with Gasteiger partial charge in [0, 0.05) is 6.07 Å². The van der Waals surface area contributed by atoms with Crippen molar-refractivity contribution in [1.29, 1.82) is 0 Å². The second-order valence-corrected chi connectivity index (χ2v) is 5.82. The molecule has 0 aliphatic heterocycles. The predicted octanol–water partition coefficient (Wildman–Crippen LogP) is -4.20. The number of benzene rings is 2. The van der Waals surface area contributed by atoms with Crippen LogP contribution in [0.15, 0.2) is 36.4 Å². The maximum absolute atomic E-state index is 10.6. The van der Waals surface area contributed by atoms with Gasteiger partial charge in [-0.2, -0.15) is 0 Å². The van der Waals surface area contributed by atoms with Crippen LogP contribution >= 0.6 is 7.82 Å². The van der Waals surface area contributed by atoms with Crippen molar-refractivity contribution in [3.63, 3.8) is 0 Å². The maximum atomic E-state index is 10.6. The van der Waals surface area contributed by atoms with Crippen molar-refractivity contribution in [3.05, 3.63) is 47.5 Å². The van der Waals surface area contributed by atoms with Crippen molar-refractivity contribution in [2.45, 2.75) is 0 Å². The SMILES string of the molecule is COc1cc(/C=C/c2ccc(OP(=O)([O-])[O-])c(O)c2)cc(OC)c1.[Na+].[Na+]. The van der Waals surface area contributed by atoms with Crippen molar-refractivity contribution in [2.24, 2.45) is 0 Å². The predicted molar refractivity (Wildman–Crippen MR) is 84.8 cm³/mol. The summed E-state index contributed by atoms with van der Waals surface area (Å²) in [6.45, 7) is 0. The van der Waals surface area contributed by atoms with Crippen LogP contribution in [0.3, 0.4) is 0 Å². The summed E-state index contributed by atoms with van der Waals surface area (Å²) >= 11 is 0. The Hall–Kier alpha value is -0.470. The summed E-state index contributed by atoms with van der Waals surface area (Å²) in [7, 11) is -2.13. The standard InChI is InChI=1S/C16H17O7P.2Na/c1-21-13-7-12(8-14(10-13)22-2)4-3-11-5-6-16(15(17)9-11)23-24(18,19)20;;/h3-10,17H,1-2H3,(H2,18,19,20);;/q;2*+1/p-2/b4-3+;;. The van der Waals surface area contributed by atoms with E-state index in [0.717, 1.165) is 5.56 Å². The van der Waals surface area contributed by atoms with E-state index in [9.17, 15) is 19.5 Å². The third kappa shape index (κ3) is 8.05. The number of phosphoric acid groups is 1. The minimum Gasteiger partial charge on any atom is -0.780 e. The first kappa shape index (κ1) is 25.5. The molecule has 0 radical (unpaired) electrons. The van der Waals surface area contributed by atoms with Crippen LogP contribution in [0.1, 0.15) is 11.1 Å². The fourth-order valence-corrected chi connectivity index (χ4v) is 2.35. The third-order valence-electron chi connectivity index (χ3n) is 3.04. The number of phosphoric ester groups is 1. The summed E-state index contributed by atoms with van der Waals surface area (Å²) in [4.78, 5) is 21.1. The van der Waals surface area contributed by atoms with Gasteiger partial charge in [0.05, 0.1) is 14.2 Å². The van der Waals surface area contributed by atoms with E-state index in [0.29, 0.717) is 17.1 Å². The van der Waals surface area contributed by atoms with E-state index >= 15 is 0 Å². The number of aromatic hydroxyl groups is 1. The van der Waals surface area contributed by atoms with Crippen LogP contribution in [-0.4, -0.2) is 19.3 Å². The molecule has 10 heteroatoms. The third-order valence-corrected chi connectivity index (χ3v) is 3.46. The van der Waals surface area contributed by atoms with Crippen LogP contribution in [-0.2, 0) is 4.57 Å². The zero-order chi connectivity index (χ0) is 17.7. The van der Waals surface area contributed by atoms with Crippen molar-refractivity contribution in [2.75, 3.05) is 14.2 Å². The zero-order valence-electron chi connectivity index (χ0n) is 15.0. The molecule has 2 aromatic rings. The number of phenols is 1. The fraction of sp³-hybridized carbons (Fsp3) is 0.125. The Bertz CT molecular complexity index is 783. The summed E-state index contributed by atoms with van der Waals surface area (Å²) in [5.74, 6) is 0.389. The first-order chi connectivity index (χ1) is 11.3. The van der Waals surface area contributed by atoms with Crippen LogP contribution < -0.4 is 82.9 Å². The smallest absolute Gasteiger partial charge is 0.780 e. The molecule has 0 aromatic heterocycles. The minimum absolute atomic E-state index is 0. The van der Waals surface area contributed by atoms with Gasteiger partial charge in [0.1, 0.15) is 19.3 Å². The number of hydrogen-bond acceptors (Lipinski definition) is 7. The van der Waals surface area contributed by atoms with Crippen molar-refractivity contribution < 1.29 is 92.6 Å². The van der Waals surface area contributed by atoms with E-state index in [1.54, 1.807) is 44.6 Å². The molecule has 0 heterocycles. The Labute approximate surface area is 195 Å². The Morgan fingerprint density at radius 2 is 1.46 bits per heavy atom. The summed E-state index contributed by atoms with van der Waals surface area (Å²) in [6.07, 6.45) is 3.44. The molecule has 7 nitrogen and oxygen atoms in total. The summed E-state index contributed by atoms with van der Waals surface area (Å²) in [5.41, 5.74) is 1.38. The molecule has 0 atom stereocenters. The molecular weight excluding hydrogens is 381 g/mol. The first-order valence-corrected chi connectivity index (χ1v) is 8.22. The van der Waals surface area contributed by atoms with Crippen LogP contribution in [0.5, 0.6) is 23.0 Å². The topological polar surface area (TPSA) is 111 Å². The molecule has 0 aliphatic rings. The quantitative estimate of drug-likeness (QED) is 0.299. The van der Waals surface area contributed by atoms with Gasteiger partial charge in [-0.15, -0.1) is 0 Å². The zero-order valence-corrected chi connectivity index (χ0v) is 19.9. The number of ether oxygens (including phenoxy) is 2. The van der Waals surface area contributed by atoms with Gasteiger partial charge < -0.3 is 33.5 Å². The van der Waals surface area contributed by atoms with Crippen molar-refractivity contribution in [3.8, 4) is 23.0 Å². The minimum atomic E-state index is -5.22. The Kier molecular flexibility index (Phi) is 11.2. The van der Waals surface area contributed by atoms with E-state index < -0.39 is 19.3 Å². The van der Waals surface area contributed by atoms with Gasteiger partial charge in [-0.05, 0) is 35.4 Å². The maximum Gasteiger partial charge on any atom is 1.00 e. The molecule has 26 heavy (non-hydrogen) atoms. The molecule has 0 saturated heterocycles. The normalized spacial score (nSPS) is 10.6. The molecule has 0 spiro atoms. The van der Waals surface area contributed by atoms with Gasteiger partial charge in [-0.25, -0.2) is 0 Å². The molecule has 2 rings (SSSR count). The largest absolute Gasteiger partial charge is 1.00 e. The van der Waals surface area contributed by atoms with E-state index in [4.69, 9.17) is 9.47 Å². The Morgan fingerprint density at radius 1 is 0.923 bits per heavy atom. The average Bonchev–Trinajstić information content (AvgIpc) is 2.53. The molecule has 1 N–H and O–H groups in total.